The molecule has 5 nitrogen and oxygen atoms in total. The third-order valence-corrected chi connectivity index (χ3v) is 4.86. The Morgan fingerprint density at radius 3 is 2.19 bits per heavy atom. The van der Waals surface area contributed by atoms with Crippen LogP contribution in [0.15, 0.2) is 24.3 Å². The lowest BCUT2D eigenvalue weighted by Crippen LogP contribution is -2.37. The van der Waals surface area contributed by atoms with E-state index < -0.39 is 0 Å². The molecule has 6 heteroatoms. The number of aromatic nitrogens is 1. The molecule has 1 fully saturated rings. The summed E-state index contributed by atoms with van der Waals surface area (Å²) in [6.07, 6.45) is 0.722. The van der Waals surface area contributed by atoms with Gasteiger partial charge in [-0.15, -0.1) is 0 Å². The van der Waals surface area contributed by atoms with Crippen molar-refractivity contribution in [2.45, 2.75) is 27.2 Å². The molecule has 0 atom stereocenters. The average molecular weight is 357 g/mol. The van der Waals surface area contributed by atoms with Crippen molar-refractivity contribution in [2.75, 3.05) is 26.2 Å². The summed E-state index contributed by atoms with van der Waals surface area (Å²) in [5.74, 6) is -0.429. The van der Waals surface area contributed by atoms with Crippen LogP contribution in [-0.4, -0.2) is 52.8 Å². The van der Waals surface area contributed by atoms with Crippen LogP contribution in [-0.2, 0) is 0 Å². The first-order valence-electron chi connectivity index (χ1n) is 8.87. The summed E-state index contributed by atoms with van der Waals surface area (Å²) in [6, 6.07) is 6.29. The van der Waals surface area contributed by atoms with E-state index >= 15 is 0 Å². The minimum Gasteiger partial charge on any atom is -0.362 e. The highest BCUT2D eigenvalue weighted by molar-refractivity contribution is 5.96. The molecule has 2 amide bonds. The van der Waals surface area contributed by atoms with Gasteiger partial charge in [0.1, 0.15) is 5.82 Å². The SMILES string of the molecule is Cc1cc(C(=O)N2CCCN(C(=O)c3ccc(F)c(C)c3)CC2)c(C)[nH]1. The lowest BCUT2D eigenvalue weighted by molar-refractivity contribution is 0.0718. The number of amides is 2. The van der Waals surface area contributed by atoms with E-state index in [1.165, 1.54) is 12.1 Å². The smallest absolute Gasteiger partial charge is 0.255 e. The lowest BCUT2D eigenvalue weighted by atomic mass is 10.1. The summed E-state index contributed by atoms with van der Waals surface area (Å²) in [4.78, 5) is 32.2. The van der Waals surface area contributed by atoms with Gasteiger partial charge in [0, 0.05) is 43.1 Å². The summed E-state index contributed by atoms with van der Waals surface area (Å²) in [5, 5.41) is 0. The van der Waals surface area contributed by atoms with Gasteiger partial charge < -0.3 is 14.8 Å². The van der Waals surface area contributed by atoms with Crippen LogP contribution in [0.4, 0.5) is 4.39 Å². The van der Waals surface area contributed by atoms with Gasteiger partial charge in [0.05, 0.1) is 5.56 Å². The number of carbonyl (C=O) groups is 2. The fourth-order valence-corrected chi connectivity index (χ4v) is 3.40. The lowest BCUT2D eigenvalue weighted by Gasteiger charge is -2.22. The number of H-pyrrole nitrogens is 1. The Hall–Kier alpha value is -2.63. The zero-order chi connectivity index (χ0) is 18.8. The molecule has 1 aliphatic rings. The first-order chi connectivity index (χ1) is 12.4. The molecule has 3 rings (SSSR count). The van der Waals surface area contributed by atoms with E-state index in [0.29, 0.717) is 42.9 Å². The fourth-order valence-electron chi connectivity index (χ4n) is 3.40. The summed E-state index contributed by atoms with van der Waals surface area (Å²) < 4.78 is 13.4. The monoisotopic (exact) mass is 357 g/mol. The van der Waals surface area contributed by atoms with Crippen LogP contribution in [0.1, 0.15) is 44.1 Å². The maximum absolute atomic E-state index is 13.4. The van der Waals surface area contributed by atoms with Gasteiger partial charge in [-0.3, -0.25) is 9.59 Å². The Morgan fingerprint density at radius 1 is 0.962 bits per heavy atom. The molecule has 0 radical (unpaired) electrons. The van der Waals surface area contributed by atoms with Gasteiger partial charge in [-0.05, 0) is 57.0 Å². The number of hydrogen-bond acceptors (Lipinski definition) is 2. The van der Waals surface area contributed by atoms with E-state index in [-0.39, 0.29) is 17.6 Å². The molecule has 1 aromatic carbocycles. The molecule has 0 aliphatic carbocycles. The molecule has 1 aromatic heterocycles. The number of rotatable bonds is 2. The standard InChI is InChI=1S/C20H24FN3O2/c1-13-11-16(5-6-18(13)21)19(25)23-7-4-8-24(10-9-23)20(26)17-12-14(2)22-15(17)3/h5-6,11-12,22H,4,7-10H2,1-3H3. The van der Waals surface area contributed by atoms with Gasteiger partial charge in [0.2, 0.25) is 0 Å². The van der Waals surface area contributed by atoms with Crippen LogP contribution >= 0.6 is 0 Å². The second-order valence-electron chi connectivity index (χ2n) is 6.89. The number of carbonyl (C=O) groups excluding carboxylic acids is 2. The highest BCUT2D eigenvalue weighted by Crippen LogP contribution is 2.16. The Kier molecular flexibility index (Phi) is 5.11. The van der Waals surface area contributed by atoms with Crippen molar-refractivity contribution in [3.63, 3.8) is 0 Å². The van der Waals surface area contributed by atoms with E-state index in [1.807, 2.05) is 19.9 Å². The highest BCUT2D eigenvalue weighted by Gasteiger charge is 2.25. The zero-order valence-electron chi connectivity index (χ0n) is 15.4. The normalized spacial score (nSPS) is 15.1. The second kappa shape index (κ2) is 7.32. The maximum atomic E-state index is 13.4. The molecule has 26 heavy (non-hydrogen) atoms. The molecule has 0 unspecified atom stereocenters. The average Bonchev–Trinajstić information content (AvgIpc) is 2.82. The number of aryl methyl sites for hydroxylation is 3. The Labute approximate surface area is 152 Å². The molecule has 138 valence electrons. The van der Waals surface area contributed by atoms with Gasteiger partial charge in [0.15, 0.2) is 0 Å². The molecule has 1 saturated heterocycles. The molecule has 0 bridgehead atoms. The van der Waals surface area contributed by atoms with Crippen LogP contribution in [0, 0.1) is 26.6 Å². The fraction of sp³-hybridized carbons (Fsp3) is 0.400. The maximum Gasteiger partial charge on any atom is 0.255 e. The third kappa shape index (κ3) is 3.64. The van der Waals surface area contributed by atoms with Crippen LogP contribution < -0.4 is 0 Å². The molecular formula is C20H24FN3O2. The van der Waals surface area contributed by atoms with E-state index in [9.17, 15) is 14.0 Å². The van der Waals surface area contributed by atoms with Gasteiger partial charge in [-0.2, -0.15) is 0 Å². The van der Waals surface area contributed by atoms with Crippen molar-refractivity contribution in [1.82, 2.24) is 14.8 Å². The summed E-state index contributed by atoms with van der Waals surface area (Å²) in [7, 11) is 0. The Morgan fingerprint density at radius 2 is 1.62 bits per heavy atom. The third-order valence-electron chi connectivity index (χ3n) is 4.86. The number of nitrogens with zero attached hydrogens (tertiary/aromatic N) is 2. The summed E-state index contributed by atoms with van der Waals surface area (Å²) >= 11 is 0. The number of halogens is 1. The van der Waals surface area contributed by atoms with Crippen molar-refractivity contribution in [3.05, 3.63) is 58.2 Å². The quantitative estimate of drug-likeness (QED) is 0.898. The molecule has 0 spiro atoms. The number of aromatic amines is 1. The molecular weight excluding hydrogens is 333 g/mol. The molecule has 2 heterocycles. The number of benzene rings is 1. The van der Waals surface area contributed by atoms with E-state index in [1.54, 1.807) is 22.8 Å². The second-order valence-corrected chi connectivity index (χ2v) is 6.89. The van der Waals surface area contributed by atoms with E-state index in [2.05, 4.69) is 4.98 Å². The largest absolute Gasteiger partial charge is 0.362 e. The van der Waals surface area contributed by atoms with Crippen LogP contribution in [0.25, 0.3) is 0 Å². The first kappa shape index (κ1) is 18.2. The Bertz CT molecular complexity index is 844. The van der Waals surface area contributed by atoms with Crippen molar-refractivity contribution in [2.24, 2.45) is 0 Å². The molecule has 1 N–H and O–H groups in total. The van der Waals surface area contributed by atoms with Crippen molar-refractivity contribution >= 4 is 11.8 Å². The minimum absolute atomic E-state index is 0.00113. The van der Waals surface area contributed by atoms with Crippen molar-refractivity contribution in [1.29, 1.82) is 0 Å². The molecule has 2 aromatic rings. The topological polar surface area (TPSA) is 56.4 Å². The van der Waals surface area contributed by atoms with E-state index in [4.69, 9.17) is 0 Å². The Balaban J connectivity index is 1.69. The van der Waals surface area contributed by atoms with Gasteiger partial charge in [-0.25, -0.2) is 4.39 Å². The van der Waals surface area contributed by atoms with Crippen LogP contribution in [0.5, 0.6) is 0 Å². The molecule has 0 saturated carbocycles. The number of hydrogen-bond donors (Lipinski definition) is 1. The van der Waals surface area contributed by atoms with Crippen LogP contribution in [0.2, 0.25) is 0 Å². The van der Waals surface area contributed by atoms with Crippen molar-refractivity contribution < 1.29 is 14.0 Å². The van der Waals surface area contributed by atoms with Gasteiger partial charge in [-0.1, -0.05) is 0 Å². The van der Waals surface area contributed by atoms with Gasteiger partial charge >= 0.3 is 0 Å². The molecule has 1 aliphatic heterocycles. The van der Waals surface area contributed by atoms with Crippen molar-refractivity contribution in [3.8, 4) is 0 Å². The summed E-state index contributed by atoms with van der Waals surface area (Å²) in [5.41, 5.74) is 3.47. The highest BCUT2D eigenvalue weighted by atomic mass is 19.1. The predicted molar refractivity (Wildman–Crippen MR) is 97.8 cm³/mol. The zero-order valence-corrected chi connectivity index (χ0v) is 15.4. The summed E-state index contributed by atoms with van der Waals surface area (Å²) in [6.45, 7) is 7.65. The predicted octanol–water partition coefficient (Wildman–Crippen LogP) is 3.07. The first-order valence-corrected chi connectivity index (χ1v) is 8.87. The van der Waals surface area contributed by atoms with E-state index in [0.717, 1.165) is 17.8 Å². The minimum atomic E-state index is -0.314. The number of nitrogens with one attached hydrogen (secondary N) is 1. The van der Waals surface area contributed by atoms with Crippen LogP contribution in [0.3, 0.4) is 0 Å². The van der Waals surface area contributed by atoms with Gasteiger partial charge in [0.25, 0.3) is 11.8 Å².